The number of hydrogen-bond acceptors (Lipinski definition) is 7. The van der Waals surface area contributed by atoms with E-state index in [-0.39, 0.29) is 25.7 Å². The van der Waals surface area contributed by atoms with E-state index in [2.05, 4.69) is 30.9 Å². The van der Waals surface area contributed by atoms with Crippen molar-refractivity contribution in [1.29, 1.82) is 0 Å². The number of carbonyl (C=O) groups excluding carboxylic acids is 4. The summed E-state index contributed by atoms with van der Waals surface area (Å²) >= 11 is 0. The van der Waals surface area contributed by atoms with Crippen LogP contribution in [0, 0.1) is 0 Å². The third-order valence-corrected chi connectivity index (χ3v) is 6.11. The van der Waals surface area contributed by atoms with E-state index in [1.54, 1.807) is 6.20 Å². The van der Waals surface area contributed by atoms with E-state index in [0.717, 1.165) is 10.9 Å². The molecule has 0 bridgehead atoms. The number of benzene rings is 1. The van der Waals surface area contributed by atoms with Gasteiger partial charge >= 0.3 is 5.97 Å². The number of primary amides is 1. The molecule has 0 fully saturated rings. The minimum Gasteiger partial charge on any atom is -0.480 e. The Morgan fingerprint density at radius 3 is 2.36 bits per heavy atom. The summed E-state index contributed by atoms with van der Waals surface area (Å²) in [5.41, 5.74) is 13.3. The van der Waals surface area contributed by atoms with Crippen molar-refractivity contribution in [2.75, 3.05) is 0 Å². The van der Waals surface area contributed by atoms with Crippen LogP contribution >= 0.6 is 0 Å². The number of nitrogens with two attached hydrogens (primary N) is 2. The Morgan fingerprint density at radius 2 is 1.69 bits per heavy atom. The van der Waals surface area contributed by atoms with Crippen LogP contribution in [0.3, 0.4) is 0 Å². The summed E-state index contributed by atoms with van der Waals surface area (Å²) in [7, 11) is 0. The van der Waals surface area contributed by atoms with E-state index >= 15 is 0 Å². The lowest BCUT2D eigenvalue weighted by atomic mass is 10.0. The average Bonchev–Trinajstić information content (AvgIpc) is 3.55. The highest BCUT2D eigenvalue weighted by atomic mass is 16.4. The number of carboxylic acid groups (broad SMARTS) is 1. The molecule has 1 aromatic carbocycles. The van der Waals surface area contributed by atoms with Crippen LogP contribution in [0.1, 0.15) is 31.0 Å². The van der Waals surface area contributed by atoms with Gasteiger partial charge in [0, 0.05) is 48.3 Å². The lowest BCUT2D eigenvalue weighted by Gasteiger charge is -2.23. The monoisotopic (exact) mass is 540 g/mol. The van der Waals surface area contributed by atoms with Gasteiger partial charge in [0.15, 0.2) is 0 Å². The largest absolute Gasteiger partial charge is 0.480 e. The minimum atomic E-state index is -1.26. The van der Waals surface area contributed by atoms with Crippen molar-refractivity contribution in [3.05, 3.63) is 54.2 Å². The van der Waals surface area contributed by atoms with Crippen LogP contribution in [-0.2, 0) is 36.8 Å². The zero-order chi connectivity index (χ0) is 28.5. The smallest absolute Gasteiger partial charge is 0.326 e. The third kappa shape index (κ3) is 8.13. The van der Waals surface area contributed by atoms with Gasteiger partial charge in [0.2, 0.25) is 23.6 Å². The average molecular weight is 541 g/mol. The Kier molecular flexibility index (Phi) is 9.75. The Morgan fingerprint density at radius 1 is 0.974 bits per heavy atom. The van der Waals surface area contributed by atoms with E-state index < -0.39 is 53.8 Å². The Bertz CT molecular complexity index is 1320. The number of rotatable bonds is 14. The van der Waals surface area contributed by atoms with E-state index in [1.165, 1.54) is 19.4 Å². The van der Waals surface area contributed by atoms with Crippen molar-refractivity contribution >= 4 is 40.5 Å². The number of aliphatic carboxylic acids is 1. The van der Waals surface area contributed by atoms with Gasteiger partial charge in [-0.2, -0.15) is 0 Å². The Labute approximate surface area is 223 Å². The number of aromatic nitrogens is 3. The highest BCUT2D eigenvalue weighted by molar-refractivity contribution is 5.94. The van der Waals surface area contributed by atoms with Crippen molar-refractivity contribution in [3.8, 4) is 0 Å². The Balaban J connectivity index is 1.61. The summed E-state index contributed by atoms with van der Waals surface area (Å²) in [6, 6.07) is 2.70. The molecule has 10 N–H and O–H groups in total. The van der Waals surface area contributed by atoms with Crippen LogP contribution in [0.25, 0.3) is 10.9 Å². The van der Waals surface area contributed by atoms with Gasteiger partial charge in [0.25, 0.3) is 0 Å². The molecule has 14 nitrogen and oxygen atoms in total. The maximum absolute atomic E-state index is 12.9. The Hall–Kier alpha value is -4.72. The molecule has 0 saturated heterocycles. The van der Waals surface area contributed by atoms with Gasteiger partial charge in [-0.1, -0.05) is 18.2 Å². The lowest BCUT2D eigenvalue weighted by Crippen LogP contribution is -2.56. The molecule has 0 saturated carbocycles. The number of imidazole rings is 1. The maximum Gasteiger partial charge on any atom is 0.326 e. The second kappa shape index (κ2) is 13.2. The molecular formula is C25H32N8O6. The minimum absolute atomic E-state index is 0.0112. The summed E-state index contributed by atoms with van der Waals surface area (Å²) in [6.07, 6.45) is 4.43. The molecule has 3 aromatic rings. The molecule has 0 aliphatic rings. The number of para-hydroxylation sites is 1. The van der Waals surface area contributed by atoms with Crippen LogP contribution < -0.4 is 27.4 Å². The zero-order valence-corrected chi connectivity index (χ0v) is 21.3. The molecule has 2 aromatic heterocycles. The second-order valence-corrected chi connectivity index (χ2v) is 9.15. The number of nitrogens with one attached hydrogen (secondary N) is 5. The molecule has 0 spiro atoms. The van der Waals surface area contributed by atoms with Crippen molar-refractivity contribution in [1.82, 2.24) is 30.9 Å². The van der Waals surface area contributed by atoms with Crippen molar-refractivity contribution in [2.24, 2.45) is 11.5 Å². The fraction of sp³-hybridized carbons (Fsp3) is 0.360. The lowest BCUT2D eigenvalue weighted by molar-refractivity contribution is -0.142. The molecule has 4 atom stereocenters. The highest BCUT2D eigenvalue weighted by Crippen LogP contribution is 2.19. The quantitative estimate of drug-likeness (QED) is 0.124. The van der Waals surface area contributed by atoms with Crippen LogP contribution in [-0.4, -0.2) is 73.8 Å². The molecule has 4 amide bonds. The SMILES string of the molecule is CC(NC(=O)C(CCC(N)=O)NC(=O)C(N)Cc1cnc[nH]1)C(=O)NC(Cc1c[nH]c2ccccc12)C(=O)O. The first-order chi connectivity index (χ1) is 18.5. The second-order valence-electron chi connectivity index (χ2n) is 9.15. The summed E-state index contributed by atoms with van der Waals surface area (Å²) in [5, 5.41) is 17.9. The van der Waals surface area contributed by atoms with Gasteiger partial charge < -0.3 is 42.5 Å². The van der Waals surface area contributed by atoms with Crippen LogP contribution in [0.5, 0.6) is 0 Å². The van der Waals surface area contributed by atoms with E-state index in [0.29, 0.717) is 11.3 Å². The van der Waals surface area contributed by atoms with Crippen molar-refractivity contribution in [2.45, 2.75) is 56.8 Å². The van der Waals surface area contributed by atoms with Gasteiger partial charge in [0.1, 0.15) is 18.1 Å². The fourth-order valence-electron chi connectivity index (χ4n) is 3.96. The number of nitrogens with zero attached hydrogens (tertiary/aromatic N) is 1. The van der Waals surface area contributed by atoms with E-state index in [9.17, 15) is 29.1 Å². The summed E-state index contributed by atoms with van der Waals surface area (Å²) < 4.78 is 0. The molecule has 3 rings (SSSR count). The third-order valence-electron chi connectivity index (χ3n) is 6.11. The standard InChI is InChI=1S/C25H32N8O6/c1-13(22(35)33-20(25(38)39)8-14-10-29-18-5-3-2-4-16(14)18)31-24(37)19(6-7-21(27)34)32-23(36)17(26)9-15-11-28-12-30-15/h2-5,10-13,17,19-20,29H,6-9,26H2,1H3,(H2,27,34)(H,28,30)(H,31,37)(H,32,36)(H,33,35)(H,38,39). The fourth-order valence-corrected chi connectivity index (χ4v) is 3.96. The number of aromatic amines is 2. The highest BCUT2D eigenvalue weighted by Gasteiger charge is 2.29. The molecule has 4 unspecified atom stereocenters. The predicted octanol–water partition coefficient (Wildman–Crippen LogP) is -1.17. The van der Waals surface area contributed by atoms with Gasteiger partial charge in [-0.3, -0.25) is 19.2 Å². The summed E-state index contributed by atoms with van der Waals surface area (Å²) in [5.74, 6) is -4.09. The first kappa shape index (κ1) is 28.8. The number of H-pyrrole nitrogens is 2. The molecule has 0 aliphatic heterocycles. The summed E-state index contributed by atoms with van der Waals surface area (Å²) in [6.45, 7) is 1.37. The maximum atomic E-state index is 12.9. The van der Waals surface area contributed by atoms with E-state index in [1.807, 2.05) is 24.3 Å². The van der Waals surface area contributed by atoms with Crippen LogP contribution in [0.2, 0.25) is 0 Å². The molecular weight excluding hydrogens is 508 g/mol. The van der Waals surface area contributed by atoms with Crippen LogP contribution in [0.4, 0.5) is 0 Å². The molecule has 14 heteroatoms. The number of fused-ring (bicyclic) bond motifs is 1. The molecule has 208 valence electrons. The predicted molar refractivity (Wildman–Crippen MR) is 140 cm³/mol. The van der Waals surface area contributed by atoms with Crippen molar-refractivity contribution in [3.63, 3.8) is 0 Å². The molecule has 0 radical (unpaired) electrons. The number of amides is 4. The van der Waals surface area contributed by atoms with Gasteiger partial charge in [-0.05, 0) is 25.0 Å². The number of carboxylic acids is 1. The molecule has 2 heterocycles. The van der Waals surface area contributed by atoms with Crippen LogP contribution in [0.15, 0.2) is 43.0 Å². The van der Waals surface area contributed by atoms with Crippen molar-refractivity contribution < 1.29 is 29.1 Å². The zero-order valence-electron chi connectivity index (χ0n) is 21.3. The first-order valence-corrected chi connectivity index (χ1v) is 12.2. The molecule has 39 heavy (non-hydrogen) atoms. The summed E-state index contributed by atoms with van der Waals surface area (Å²) in [4.78, 5) is 71.2. The topological polar surface area (TPSA) is 238 Å². The van der Waals surface area contributed by atoms with Gasteiger partial charge in [0.05, 0.1) is 12.4 Å². The van der Waals surface area contributed by atoms with E-state index in [4.69, 9.17) is 11.5 Å². The number of hydrogen-bond donors (Lipinski definition) is 8. The normalized spacial score (nSPS) is 14.1. The van der Waals surface area contributed by atoms with Gasteiger partial charge in [-0.15, -0.1) is 0 Å². The van der Waals surface area contributed by atoms with Gasteiger partial charge in [-0.25, -0.2) is 9.78 Å². The first-order valence-electron chi connectivity index (χ1n) is 12.2. The number of carbonyl (C=O) groups is 5. The molecule has 0 aliphatic carbocycles.